The molecule has 2 nitrogen and oxygen atoms in total. The molecule has 2 bridgehead atoms. The highest BCUT2D eigenvalue weighted by Crippen LogP contribution is 2.48. The highest BCUT2D eigenvalue weighted by atomic mass is 16.5. The first-order chi connectivity index (χ1) is 6.75. The molecule has 2 saturated carbocycles. The summed E-state index contributed by atoms with van der Waals surface area (Å²) in [7, 11) is 0. The molecule has 14 heavy (non-hydrogen) atoms. The molecular formula is C12H21NO. The lowest BCUT2D eigenvalue weighted by atomic mass is 9.89. The molecule has 0 aromatic rings. The fourth-order valence-corrected chi connectivity index (χ4v) is 3.47. The van der Waals surface area contributed by atoms with Gasteiger partial charge in [0.25, 0.3) is 0 Å². The van der Waals surface area contributed by atoms with Crippen LogP contribution in [0.1, 0.15) is 32.6 Å². The summed E-state index contributed by atoms with van der Waals surface area (Å²) in [5, 5.41) is 3.29. The Kier molecular flexibility index (Phi) is 2.10. The molecule has 3 fully saturated rings. The van der Waals surface area contributed by atoms with Crippen LogP contribution in [0.15, 0.2) is 0 Å². The van der Waals surface area contributed by atoms with Crippen LogP contribution in [0.2, 0.25) is 0 Å². The van der Waals surface area contributed by atoms with Crippen LogP contribution in [0.25, 0.3) is 0 Å². The van der Waals surface area contributed by atoms with Gasteiger partial charge >= 0.3 is 0 Å². The normalized spacial score (nSPS) is 43.9. The van der Waals surface area contributed by atoms with Gasteiger partial charge in [-0.25, -0.2) is 0 Å². The van der Waals surface area contributed by atoms with E-state index in [0.717, 1.165) is 37.5 Å². The van der Waals surface area contributed by atoms with Crippen LogP contribution in [0.5, 0.6) is 0 Å². The van der Waals surface area contributed by atoms with E-state index in [-0.39, 0.29) is 5.60 Å². The number of fused-ring (bicyclic) bond motifs is 2. The molecule has 0 spiro atoms. The van der Waals surface area contributed by atoms with E-state index in [1.54, 1.807) is 0 Å². The molecule has 0 aromatic carbocycles. The van der Waals surface area contributed by atoms with Gasteiger partial charge in [-0.2, -0.15) is 0 Å². The maximum Gasteiger partial charge on any atom is 0.0901 e. The van der Waals surface area contributed by atoms with Crippen molar-refractivity contribution in [1.82, 2.24) is 5.32 Å². The van der Waals surface area contributed by atoms with Gasteiger partial charge in [0, 0.05) is 13.1 Å². The molecular weight excluding hydrogens is 174 g/mol. The zero-order chi connectivity index (χ0) is 9.60. The summed E-state index contributed by atoms with van der Waals surface area (Å²) in [6, 6.07) is 0. The first kappa shape index (κ1) is 9.17. The standard InChI is InChI=1S/C12H21NO/c1-12(7-13-8-12)14-6-11-5-9-2-3-10(11)4-9/h9-11,13H,2-8H2,1H3. The fraction of sp³-hybridized carbons (Fsp3) is 1.00. The van der Waals surface area contributed by atoms with Gasteiger partial charge in [-0.3, -0.25) is 0 Å². The third-order valence-corrected chi connectivity index (χ3v) is 4.53. The summed E-state index contributed by atoms with van der Waals surface area (Å²) < 4.78 is 6.04. The number of ether oxygens (including phenoxy) is 1. The topological polar surface area (TPSA) is 21.3 Å². The molecule has 3 unspecified atom stereocenters. The Hall–Kier alpha value is -0.0800. The Morgan fingerprint density at radius 1 is 1.29 bits per heavy atom. The van der Waals surface area contributed by atoms with Crippen LogP contribution < -0.4 is 5.32 Å². The molecule has 0 amide bonds. The zero-order valence-electron chi connectivity index (χ0n) is 9.09. The predicted octanol–water partition coefficient (Wildman–Crippen LogP) is 1.80. The van der Waals surface area contributed by atoms with Crippen LogP contribution in [0.3, 0.4) is 0 Å². The minimum absolute atomic E-state index is 0.168. The highest BCUT2D eigenvalue weighted by molar-refractivity contribution is 4.93. The number of rotatable bonds is 3. The van der Waals surface area contributed by atoms with Gasteiger partial charge in [-0.1, -0.05) is 6.42 Å². The molecule has 3 aliphatic rings. The van der Waals surface area contributed by atoms with E-state index in [9.17, 15) is 0 Å². The van der Waals surface area contributed by atoms with Crippen molar-refractivity contribution in [2.45, 2.75) is 38.2 Å². The number of hydrogen-bond donors (Lipinski definition) is 1. The van der Waals surface area contributed by atoms with Crippen molar-refractivity contribution in [2.24, 2.45) is 17.8 Å². The van der Waals surface area contributed by atoms with E-state index in [0.29, 0.717) is 0 Å². The van der Waals surface area contributed by atoms with Gasteiger partial charge in [-0.05, 0) is 43.9 Å². The first-order valence-electron chi connectivity index (χ1n) is 6.10. The van der Waals surface area contributed by atoms with Crippen molar-refractivity contribution < 1.29 is 4.74 Å². The minimum atomic E-state index is 0.168. The molecule has 3 rings (SSSR count). The van der Waals surface area contributed by atoms with Gasteiger partial charge in [0.15, 0.2) is 0 Å². The van der Waals surface area contributed by atoms with Crippen molar-refractivity contribution in [3.8, 4) is 0 Å². The van der Waals surface area contributed by atoms with E-state index >= 15 is 0 Å². The Morgan fingerprint density at radius 3 is 2.64 bits per heavy atom. The van der Waals surface area contributed by atoms with Gasteiger partial charge in [0.2, 0.25) is 0 Å². The van der Waals surface area contributed by atoms with E-state index in [2.05, 4.69) is 12.2 Å². The Bertz CT molecular complexity index is 224. The van der Waals surface area contributed by atoms with E-state index < -0.39 is 0 Å². The molecule has 1 aliphatic heterocycles. The van der Waals surface area contributed by atoms with Crippen molar-refractivity contribution in [1.29, 1.82) is 0 Å². The maximum atomic E-state index is 6.04. The van der Waals surface area contributed by atoms with E-state index in [1.165, 1.54) is 25.7 Å². The lowest BCUT2D eigenvalue weighted by Gasteiger charge is -2.40. The molecule has 1 N–H and O–H groups in total. The van der Waals surface area contributed by atoms with Crippen molar-refractivity contribution in [3.63, 3.8) is 0 Å². The van der Waals surface area contributed by atoms with Crippen LogP contribution in [-0.2, 0) is 4.74 Å². The van der Waals surface area contributed by atoms with Crippen molar-refractivity contribution in [3.05, 3.63) is 0 Å². The predicted molar refractivity (Wildman–Crippen MR) is 56.2 cm³/mol. The monoisotopic (exact) mass is 195 g/mol. The largest absolute Gasteiger partial charge is 0.372 e. The average molecular weight is 195 g/mol. The van der Waals surface area contributed by atoms with Crippen LogP contribution >= 0.6 is 0 Å². The summed E-state index contributed by atoms with van der Waals surface area (Å²) >= 11 is 0. The van der Waals surface area contributed by atoms with Crippen molar-refractivity contribution >= 4 is 0 Å². The molecule has 0 radical (unpaired) electrons. The van der Waals surface area contributed by atoms with Gasteiger partial charge < -0.3 is 10.1 Å². The third-order valence-electron chi connectivity index (χ3n) is 4.53. The lowest BCUT2D eigenvalue weighted by molar-refractivity contribution is -0.0855. The van der Waals surface area contributed by atoms with Crippen LogP contribution in [0.4, 0.5) is 0 Å². The van der Waals surface area contributed by atoms with Crippen LogP contribution in [-0.4, -0.2) is 25.3 Å². The fourth-order valence-electron chi connectivity index (χ4n) is 3.47. The second-order valence-electron chi connectivity index (χ2n) is 5.80. The number of nitrogens with one attached hydrogen (secondary N) is 1. The van der Waals surface area contributed by atoms with Crippen LogP contribution in [0, 0.1) is 17.8 Å². The maximum absolute atomic E-state index is 6.04. The molecule has 2 aliphatic carbocycles. The first-order valence-corrected chi connectivity index (χ1v) is 6.10. The molecule has 3 atom stereocenters. The summed E-state index contributed by atoms with van der Waals surface area (Å²) in [5.41, 5.74) is 0.168. The summed E-state index contributed by atoms with van der Waals surface area (Å²) in [5.74, 6) is 2.96. The van der Waals surface area contributed by atoms with E-state index in [4.69, 9.17) is 4.74 Å². The van der Waals surface area contributed by atoms with E-state index in [1.807, 2.05) is 0 Å². The quantitative estimate of drug-likeness (QED) is 0.741. The smallest absolute Gasteiger partial charge is 0.0901 e. The zero-order valence-corrected chi connectivity index (χ0v) is 9.09. The number of hydrogen-bond acceptors (Lipinski definition) is 2. The Balaban J connectivity index is 1.49. The molecule has 0 aromatic heterocycles. The second-order valence-corrected chi connectivity index (χ2v) is 5.80. The lowest BCUT2D eigenvalue weighted by Crippen LogP contribution is -2.59. The van der Waals surface area contributed by atoms with Crippen molar-refractivity contribution in [2.75, 3.05) is 19.7 Å². The molecule has 1 saturated heterocycles. The van der Waals surface area contributed by atoms with Gasteiger partial charge in [-0.15, -0.1) is 0 Å². The minimum Gasteiger partial charge on any atom is -0.372 e. The third kappa shape index (κ3) is 1.49. The highest BCUT2D eigenvalue weighted by Gasteiger charge is 2.41. The molecule has 2 heteroatoms. The molecule has 1 heterocycles. The van der Waals surface area contributed by atoms with Gasteiger partial charge in [0.05, 0.1) is 12.2 Å². The average Bonchev–Trinajstić information content (AvgIpc) is 2.72. The summed E-state index contributed by atoms with van der Waals surface area (Å²) in [4.78, 5) is 0. The summed E-state index contributed by atoms with van der Waals surface area (Å²) in [6.45, 7) is 5.36. The Labute approximate surface area is 86.4 Å². The van der Waals surface area contributed by atoms with Gasteiger partial charge in [0.1, 0.15) is 0 Å². The Morgan fingerprint density at radius 2 is 2.14 bits per heavy atom. The SMILES string of the molecule is CC1(OCC2CC3CCC2C3)CNC1. The second kappa shape index (κ2) is 3.21. The summed E-state index contributed by atoms with van der Waals surface area (Å²) in [6.07, 6.45) is 5.94. The molecule has 80 valence electrons.